The molecule has 4 aromatic rings. The first-order valence-corrected chi connectivity index (χ1v) is 12.3. The number of hydrogen-bond donors (Lipinski definition) is 2. The van der Waals surface area contributed by atoms with Gasteiger partial charge >= 0.3 is 0 Å². The molecule has 5 nitrogen and oxygen atoms in total. The molecule has 0 aliphatic carbocycles. The first-order chi connectivity index (χ1) is 15.8. The minimum absolute atomic E-state index is 0.169. The zero-order chi connectivity index (χ0) is 23.5. The van der Waals surface area contributed by atoms with Crippen molar-refractivity contribution in [1.29, 1.82) is 0 Å². The van der Waals surface area contributed by atoms with Crippen molar-refractivity contribution in [3.63, 3.8) is 0 Å². The number of carbonyl (C=O) groups excluding carboxylic acids is 1. The number of benzene rings is 3. The average molecular weight is 590 g/mol. The Labute approximate surface area is 216 Å². The molecule has 1 amide bonds. The van der Waals surface area contributed by atoms with E-state index in [1.54, 1.807) is 12.1 Å². The fourth-order valence-corrected chi connectivity index (χ4v) is 4.25. The summed E-state index contributed by atoms with van der Waals surface area (Å²) >= 11 is 13.6. The number of nitrogens with zero attached hydrogens (tertiary/aromatic N) is 1. The Bertz CT molecular complexity index is 1350. The number of thiocarbonyl (C=S) groups is 1. The Morgan fingerprint density at radius 2 is 2.00 bits per heavy atom. The first kappa shape index (κ1) is 23.7. The van der Waals surface area contributed by atoms with Crippen molar-refractivity contribution in [2.45, 2.75) is 26.2 Å². The Balaban J connectivity index is 1.50. The summed E-state index contributed by atoms with van der Waals surface area (Å²) in [6.07, 6.45) is 1.07. The Hall–Kier alpha value is -2.49. The average Bonchev–Trinajstić information content (AvgIpc) is 3.23. The van der Waals surface area contributed by atoms with E-state index in [1.165, 1.54) is 5.56 Å². The van der Waals surface area contributed by atoms with Gasteiger partial charge < -0.3 is 9.73 Å². The second-order valence-corrected chi connectivity index (χ2v) is 9.73. The minimum atomic E-state index is -0.372. The second-order valence-electron chi connectivity index (χ2n) is 7.67. The third-order valence-electron chi connectivity index (χ3n) is 5.36. The van der Waals surface area contributed by atoms with Gasteiger partial charge in [-0.2, -0.15) is 0 Å². The van der Waals surface area contributed by atoms with Crippen molar-refractivity contribution in [3.8, 4) is 11.5 Å². The van der Waals surface area contributed by atoms with Crippen LogP contribution in [0.4, 0.5) is 5.69 Å². The summed E-state index contributed by atoms with van der Waals surface area (Å²) in [5.74, 6) is 0.617. The van der Waals surface area contributed by atoms with E-state index in [4.69, 9.17) is 28.2 Å². The normalized spacial score (nSPS) is 11.9. The van der Waals surface area contributed by atoms with Crippen molar-refractivity contribution in [1.82, 2.24) is 10.3 Å². The third-order valence-corrected chi connectivity index (χ3v) is 6.57. The fourth-order valence-electron chi connectivity index (χ4n) is 3.34. The van der Waals surface area contributed by atoms with E-state index in [0.717, 1.165) is 26.7 Å². The molecule has 1 heterocycles. The summed E-state index contributed by atoms with van der Waals surface area (Å²) in [5, 5.41) is 6.24. The molecule has 1 atom stereocenters. The van der Waals surface area contributed by atoms with Gasteiger partial charge in [-0.25, -0.2) is 4.98 Å². The van der Waals surface area contributed by atoms with E-state index in [2.05, 4.69) is 64.2 Å². The summed E-state index contributed by atoms with van der Waals surface area (Å²) in [7, 11) is 0. The number of amides is 1. The second kappa shape index (κ2) is 10.2. The van der Waals surface area contributed by atoms with E-state index in [9.17, 15) is 4.79 Å². The van der Waals surface area contributed by atoms with E-state index in [0.29, 0.717) is 28.1 Å². The van der Waals surface area contributed by atoms with E-state index in [-0.39, 0.29) is 11.0 Å². The quantitative estimate of drug-likeness (QED) is 0.188. The molecule has 1 aromatic heterocycles. The van der Waals surface area contributed by atoms with Crippen LogP contribution in [0.1, 0.15) is 42.1 Å². The predicted octanol–water partition coefficient (Wildman–Crippen LogP) is 7.39. The van der Waals surface area contributed by atoms with Crippen molar-refractivity contribution < 1.29 is 9.21 Å². The molecule has 2 N–H and O–H groups in total. The molecule has 0 bridgehead atoms. The molecule has 4 rings (SSSR count). The van der Waals surface area contributed by atoms with Crippen LogP contribution in [-0.2, 0) is 0 Å². The highest BCUT2D eigenvalue weighted by atomic mass is 127. The maximum atomic E-state index is 12.6. The maximum absolute atomic E-state index is 12.6. The molecule has 0 aliphatic rings. The maximum Gasteiger partial charge on any atom is 0.258 e. The van der Waals surface area contributed by atoms with Crippen LogP contribution in [0.3, 0.4) is 0 Å². The van der Waals surface area contributed by atoms with Crippen LogP contribution in [0.5, 0.6) is 0 Å². The summed E-state index contributed by atoms with van der Waals surface area (Å²) in [4.78, 5) is 17.2. The minimum Gasteiger partial charge on any atom is -0.436 e. The van der Waals surface area contributed by atoms with Crippen molar-refractivity contribution >= 4 is 74.2 Å². The highest BCUT2D eigenvalue weighted by molar-refractivity contribution is 14.1. The molecule has 0 unspecified atom stereocenters. The zero-order valence-electron chi connectivity index (χ0n) is 18.0. The number of carbonyl (C=O) groups is 1. The lowest BCUT2D eigenvalue weighted by Crippen LogP contribution is -2.34. The molecule has 0 spiro atoms. The molecule has 0 saturated heterocycles. The van der Waals surface area contributed by atoms with Crippen LogP contribution in [0.25, 0.3) is 22.6 Å². The van der Waals surface area contributed by atoms with Gasteiger partial charge in [-0.3, -0.25) is 10.1 Å². The smallest absolute Gasteiger partial charge is 0.258 e. The van der Waals surface area contributed by atoms with E-state index in [1.807, 2.05) is 36.4 Å². The van der Waals surface area contributed by atoms with Gasteiger partial charge in [0.1, 0.15) is 5.52 Å². The van der Waals surface area contributed by atoms with Crippen LogP contribution < -0.4 is 10.6 Å². The summed E-state index contributed by atoms with van der Waals surface area (Å²) in [6.45, 7) is 4.37. The monoisotopic (exact) mass is 589 g/mol. The summed E-state index contributed by atoms with van der Waals surface area (Å²) in [5.41, 5.74) is 4.69. The SMILES string of the molecule is CC[C@@H](C)c1ccc2oc(-c3cccc(NC(=S)NC(=O)c4cc(I)ccc4Cl)c3)nc2c1. The number of anilines is 1. The predicted molar refractivity (Wildman–Crippen MR) is 146 cm³/mol. The molecule has 168 valence electrons. The molecule has 0 radical (unpaired) electrons. The van der Waals surface area contributed by atoms with Gasteiger partial charge in [0.25, 0.3) is 5.91 Å². The number of fused-ring (bicyclic) bond motifs is 1. The number of halogens is 2. The third kappa shape index (κ3) is 5.54. The van der Waals surface area contributed by atoms with E-state index >= 15 is 0 Å². The molecule has 0 aliphatic heterocycles. The van der Waals surface area contributed by atoms with Gasteiger partial charge in [0.2, 0.25) is 5.89 Å². The molecular weight excluding hydrogens is 569 g/mol. The molecule has 0 fully saturated rings. The first-order valence-electron chi connectivity index (χ1n) is 10.4. The topological polar surface area (TPSA) is 67.2 Å². The van der Waals surface area contributed by atoms with E-state index < -0.39 is 0 Å². The molecule has 33 heavy (non-hydrogen) atoms. The molecular formula is C25H21ClIN3O2S. The lowest BCUT2D eigenvalue weighted by atomic mass is 9.98. The fraction of sp³-hybridized carbons (Fsp3) is 0.160. The van der Waals surface area contributed by atoms with Crippen LogP contribution in [0.15, 0.2) is 65.1 Å². The Kier molecular flexibility index (Phi) is 7.31. The van der Waals surface area contributed by atoms with Gasteiger partial charge in [0, 0.05) is 14.8 Å². The largest absolute Gasteiger partial charge is 0.436 e. The van der Waals surface area contributed by atoms with Gasteiger partial charge in [-0.05, 0) is 101 Å². The van der Waals surface area contributed by atoms with Crippen LogP contribution in [-0.4, -0.2) is 16.0 Å². The Morgan fingerprint density at radius 1 is 1.18 bits per heavy atom. The van der Waals surface area contributed by atoms with Gasteiger partial charge in [-0.1, -0.05) is 37.6 Å². The zero-order valence-corrected chi connectivity index (χ0v) is 21.7. The van der Waals surface area contributed by atoms with Gasteiger partial charge in [0.05, 0.1) is 10.6 Å². The number of oxazole rings is 1. The van der Waals surface area contributed by atoms with Crippen molar-refractivity contribution in [2.75, 3.05) is 5.32 Å². The number of aromatic nitrogens is 1. The van der Waals surface area contributed by atoms with Gasteiger partial charge in [-0.15, -0.1) is 0 Å². The molecule has 8 heteroatoms. The number of hydrogen-bond acceptors (Lipinski definition) is 4. The summed E-state index contributed by atoms with van der Waals surface area (Å²) in [6, 6.07) is 18.9. The van der Waals surface area contributed by atoms with Gasteiger partial charge in [0.15, 0.2) is 10.7 Å². The highest BCUT2D eigenvalue weighted by Gasteiger charge is 2.14. The van der Waals surface area contributed by atoms with Crippen LogP contribution in [0, 0.1) is 3.57 Å². The standard InChI is InChI=1S/C25H21ClIN3O2S/c1-3-14(2)15-7-10-22-21(12-15)29-24(32-22)16-5-4-6-18(11-16)28-25(33)30-23(31)19-13-17(27)8-9-20(19)26/h4-14H,3H2,1-2H3,(H2,28,30,31,33)/t14-/m1/s1. The van der Waals surface area contributed by atoms with Crippen LogP contribution in [0.2, 0.25) is 5.02 Å². The number of rotatable bonds is 5. The summed E-state index contributed by atoms with van der Waals surface area (Å²) < 4.78 is 6.88. The molecule has 3 aromatic carbocycles. The number of nitrogens with one attached hydrogen (secondary N) is 2. The Morgan fingerprint density at radius 3 is 2.79 bits per heavy atom. The highest BCUT2D eigenvalue weighted by Crippen LogP contribution is 2.29. The van der Waals surface area contributed by atoms with Crippen LogP contribution >= 0.6 is 46.4 Å². The lowest BCUT2D eigenvalue weighted by molar-refractivity contribution is 0.0978. The lowest BCUT2D eigenvalue weighted by Gasteiger charge is -2.11. The van der Waals surface area contributed by atoms with Crippen molar-refractivity contribution in [2.24, 2.45) is 0 Å². The molecule has 0 saturated carbocycles. The van der Waals surface area contributed by atoms with Crippen molar-refractivity contribution in [3.05, 3.63) is 80.4 Å².